The van der Waals surface area contributed by atoms with Gasteiger partial charge in [-0.1, -0.05) is 6.92 Å². The van der Waals surface area contributed by atoms with Crippen molar-refractivity contribution in [3.05, 3.63) is 24.3 Å². The molecule has 1 atom stereocenters. The molecule has 1 aliphatic rings. The van der Waals surface area contributed by atoms with Gasteiger partial charge >= 0.3 is 0 Å². The number of nitrogen functional groups attached to an aromatic ring is 1. The van der Waals surface area contributed by atoms with Gasteiger partial charge in [0.15, 0.2) is 0 Å². The van der Waals surface area contributed by atoms with Gasteiger partial charge in [0.25, 0.3) is 0 Å². The molecule has 0 spiro atoms. The molecule has 0 bridgehead atoms. The second-order valence-corrected chi connectivity index (χ2v) is 5.35. The fourth-order valence-electron chi connectivity index (χ4n) is 1.88. The monoisotopic (exact) mass is 249 g/mol. The average Bonchev–Trinajstić information content (AvgIpc) is 2.77. The average molecular weight is 249 g/mol. The lowest BCUT2D eigenvalue weighted by Gasteiger charge is -2.23. The van der Waals surface area contributed by atoms with Crippen molar-refractivity contribution in [2.45, 2.75) is 24.3 Å². The Morgan fingerprint density at radius 3 is 2.88 bits per heavy atom. The third-order valence-electron chi connectivity index (χ3n) is 2.82. The summed E-state index contributed by atoms with van der Waals surface area (Å²) in [6.07, 6.45) is 3.17. The van der Waals surface area contributed by atoms with Gasteiger partial charge in [-0.2, -0.15) is 0 Å². The topological polar surface area (TPSA) is 41.6 Å². The minimum Gasteiger partial charge on any atom is -0.399 e. The van der Waals surface area contributed by atoms with Crippen LogP contribution in [-0.2, 0) is 0 Å². The van der Waals surface area contributed by atoms with E-state index in [9.17, 15) is 0 Å². The third-order valence-corrected chi connectivity index (χ3v) is 3.98. The fraction of sp³-hybridized carbons (Fsp3) is 0.462. The van der Waals surface area contributed by atoms with Gasteiger partial charge < -0.3 is 10.6 Å². The summed E-state index contributed by atoms with van der Waals surface area (Å²) in [6.45, 7) is 4.24. The summed E-state index contributed by atoms with van der Waals surface area (Å²) < 4.78 is 0. The molecule has 1 aliphatic heterocycles. The van der Waals surface area contributed by atoms with Gasteiger partial charge in [-0.3, -0.25) is 4.99 Å². The van der Waals surface area contributed by atoms with Crippen LogP contribution in [0, 0.1) is 0 Å². The molecule has 0 aliphatic carbocycles. The van der Waals surface area contributed by atoms with Crippen LogP contribution in [0.5, 0.6) is 0 Å². The van der Waals surface area contributed by atoms with E-state index in [2.05, 4.69) is 28.9 Å². The molecule has 0 fully saturated rings. The van der Waals surface area contributed by atoms with E-state index in [4.69, 9.17) is 5.73 Å². The summed E-state index contributed by atoms with van der Waals surface area (Å²) in [5.41, 5.74) is 6.49. The van der Waals surface area contributed by atoms with Crippen molar-refractivity contribution < 1.29 is 0 Å². The standard InChI is InChI=1S/C13H19N3S/c1-2-7-16-10-15-8-12(16)9-17-13-5-3-11(14)4-6-13/h3-6,10,12H,2,7-9,14H2,1H3. The van der Waals surface area contributed by atoms with Gasteiger partial charge in [0, 0.05) is 22.9 Å². The summed E-state index contributed by atoms with van der Waals surface area (Å²) >= 11 is 1.88. The van der Waals surface area contributed by atoms with Crippen molar-refractivity contribution in [1.82, 2.24) is 4.90 Å². The number of nitrogens with zero attached hydrogens (tertiary/aromatic N) is 2. The molecule has 3 nitrogen and oxygen atoms in total. The fourth-order valence-corrected chi connectivity index (χ4v) is 2.89. The van der Waals surface area contributed by atoms with Crippen molar-refractivity contribution in [3.63, 3.8) is 0 Å². The number of hydrogen-bond acceptors (Lipinski definition) is 4. The Kier molecular flexibility index (Phi) is 4.31. The molecule has 0 saturated carbocycles. The molecule has 1 aromatic rings. The minimum atomic E-state index is 0.553. The van der Waals surface area contributed by atoms with Gasteiger partial charge in [0.2, 0.25) is 0 Å². The Bertz CT molecular complexity index is 375. The quantitative estimate of drug-likeness (QED) is 0.644. The maximum absolute atomic E-state index is 5.67. The Balaban J connectivity index is 1.83. The second-order valence-electron chi connectivity index (χ2n) is 4.25. The van der Waals surface area contributed by atoms with Gasteiger partial charge in [0.1, 0.15) is 0 Å². The molecule has 1 aromatic carbocycles. The van der Waals surface area contributed by atoms with Crippen LogP contribution in [-0.4, -0.2) is 36.1 Å². The first-order valence-corrected chi connectivity index (χ1v) is 7.02. The molecule has 17 heavy (non-hydrogen) atoms. The van der Waals surface area contributed by atoms with E-state index >= 15 is 0 Å². The van der Waals surface area contributed by atoms with Crippen molar-refractivity contribution in [1.29, 1.82) is 0 Å². The highest BCUT2D eigenvalue weighted by atomic mass is 32.2. The number of hydrogen-bond donors (Lipinski definition) is 1. The summed E-state index contributed by atoms with van der Waals surface area (Å²) in [5.74, 6) is 1.09. The molecular weight excluding hydrogens is 230 g/mol. The predicted octanol–water partition coefficient (Wildman–Crippen LogP) is 2.48. The number of benzene rings is 1. The number of nitrogens with two attached hydrogens (primary N) is 1. The zero-order valence-electron chi connectivity index (χ0n) is 10.2. The molecular formula is C13H19N3S. The van der Waals surface area contributed by atoms with Gasteiger partial charge in [-0.15, -0.1) is 11.8 Å². The van der Waals surface area contributed by atoms with Crippen LogP contribution in [0.1, 0.15) is 13.3 Å². The Morgan fingerprint density at radius 1 is 1.41 bits per heavy atom. The Morgan fingerprint density at radius 2 is 2.18 bits per heavy atom. The molecule has 92 valence electrons. The van der Waals surface area contributed by atoms with Gasteiger partial charge in [-0.05, 0) is 30.7 Å². The van der Waals surface area contributed by atoms with Crippen LogP contribution in [0.4, 0.5) is 5.69 Å². The van der Waals surface area contributed by atoms with Crippen molar-refractivity contribution >= 4 is 23.8 Å². The number of thioether (sulfide) groups is 1. The van der Waals surface area contributed by atoms with Crippen LogP contribution < -0.4 is 5.73 Å². The largest absolute Gasteiger partial charge is 0.399 e. The highest BCUT2D eigenvalue weighted by Gasteiger charge is 2.19. The van der Waals surface area contributed by atoms with E-state index in [0.717, 1.165) is 24.5 Å². The lowest BCUT2D eigenvalue weighted by molar-refractivity contribution is 0.376. The highest BCUT2D eigenvalue weighted by Crippen LogP contribution is 2.22. The summed E-state index contributed by atoms with van der Waals surface area (Å²) in [6, 6.07) is 8.63. The van der Waals surface area contributed by atoms with Crippen LogP contribution in [0.15, 0.2) is 34.2 Å². The maximum Gasteiger partial charge on any atom is 0.0854 e. The van der Waals surface area contributed by atoms with E-state index in [1.807, 2.05) is 30.2 Å². The Labute approximate surface area is 107 Å². The second kappa shape index (κ2) is 5.96. The van der Waals surface area contributed by atoms with Crippen LogP contribution >= 0.6 is 11.8 Å². The van der Waals surface area contributed by atoms with Gasteiger partial charge in [0.05, 0.1) is 18.9 Å². The van der Waals surface area contributed by atoms with E-state index in [-0.39, 0.29) is 0 Å². The predicted molar refractivity (Wildman–Crippen MR) is 75.7 cm³/mol. The summed E-state index contributed by atoms with van der Waals surface area (Å²) in [5, 5.41) is 0. The van der Waals surface area contributed by atoms with Crippen molar-refractivity contribution in [3.8, 4) is 0 Å². The molecule has 0 amide bonds. The van der Waals surface area contributed by atoms with Crippen molar-refractivity contribution in [2.24, 2.45) is 4.99 Å². The highest BCUT2D eigenvalue weighted by molar-refractivity contribution is 7.99. The van der Waals surface area contributed by atoms with E-state index in [1.54, 1.807) is 0 Å². The molecule has 1 unspecified atom stereocenters. The normalized spacial score (nSPS) is 18.9. The first-order chi connectivity index (χ1) is 8.29. The first-order valence-electron chi connectivity index (χ1n) is 6.03. The van der Waals surface area contributed by atoms with Gasteiger partial charge in [-0.25, -0.2) is 0 Å². The molecule has 0 radical (unpaired) electrons. The van der Waals surface area contributed by atoms with E-state index in [1.165, 1.54) is 11.3 Å². The lowest BCUT2D eigenvalue weighted by Crippen LogP contribution is -2.34. The summed E-state index contributed by atoms with van der Waals surface area (Å²) in [4.78, 5) is 7.99. The SMILES string of the molecule is CCCN1C=NCC1CSc1ccc(N)cc1. The zero-order valence-corrected chi connectivity index (χ0v) is 11.0. The smallest absolute Gasteiger partial charge is 0.0854 e. The molecule has 0 aromatic heterocycles. The minimum absolute atomic E-state index is 0.553. The molecule has 2 N–H and O–H groups in total. The van der Waals surface area contributed by atoms with E-state index < -0.39 is 0 Å². The van der Waals surface area contributed by atoms with Crippen LogP contribution in [0.25, 0.3) is 0 Å². The van der Waals surface area contributed by atoms with Crippen LogP contribution in [0.3, 0.4) is 0 Å². The zero-order chi connectivity index (χ0) is 12.1. The van der Waals surface area contributed by atoms with Crippen LogP contribution in [0.2, 0.25) is 0 Å². The molecule has 2 rings (SSSR count). The molecule has 4 heteroatoms. The Hall–Kier alpha value is -1.16. The van der Waals surface area contributed by atoms with Crippen molar-refractivity contribution in [2.75, 3.05) is 24.6 Å². The summed E-state index contributed by atoms with van der Waals surface area (Å²) in [7, 11) is 0. The first kappa shape index (κ1) is 12.3. The molecule has 0 saturated heterocycles. The number of rotatable bonds is 5. The maximum atomic E-state index is 5.67. The lowest BCUT2D eigenvalue weighted by atomic mass is 10.3. The van der Waals surface area contributed by atoms with E-state index in [0.29, 0.717) is 6.04 Å². The third kappa shape index (κ3) is 3.40. The number of anilines is 1. The molecule has 1 heterocycles. The number of aliphatic imine (C=N–C) groups is 1.